The molecule has 4 heteroatoms. The fraction of sp³-hybridized carbons (Fsp3) is 0.632. The van der Waals surface area contributed by atoms with Crippen molar-refractivity contribution in [3.05, 3.63) is 35.9 Å². The molecule has 0 spiro atoms. The van der Waals surface area contributed by atoms with Gasteiger partial charge in [-0.2, -0.15) is 0 Å². The molecule has 1 saturated heterocycles. The Morgan fingerprint density at radius 2 is 1.96 bits per heavy atom. The first-order valence-corrected chi connectivity index (χ1v) is 8.43. The molecule has 2 rings (SSSR count). The van der Waals surface area contributed by atoms with Crippen LogP contribution in [0.1, 0.15) is 46.6 Å². The van der Waals surface area contributed by atoms with E-state index in [1.54, 1.807) is 0 Å². The minimum absolute atomic E-state index is 0.0178. The van der Waals surface area contributed by atoms with Crippen LogP contribution in [0.2, 0.25) is 0 Å². The molecule has 0 aliphatic carbocycles. The maximum Gasteiger partial charge on any atom is 0.410 e. The molecule has 0 unspecified atom stereocenters. The molecule has 1 amide bonds. The number of nitrogens with one attached hydrogen (secondary N) is 1. The first-order valence-electron chi connectivity index (χ1n) is 8.43. The highest BCUT2D eigenvalue weighted by Crippen LogP contribution is 2.30. The average molecular weight is 318 g/mol. The monoisotopic (exact) mass is 318 g/mol. The van der Waals surface area contributed by atoms with Crippen LogP contribution < -0.4 is 5.32 Å². The second-order valence-electron chi connectivity index (χ2n) is 8.10. The zero-order chi connectivity index (χ0) is 17.1. The summed E-state index contributed by atoms with van der Waals surface area (Å²) >= 11 is 0. The van der Waals surface area contributed by atoms with Gasteiger partial charge in [-0.3, -0.25) is 0 Å². The minimum Gasteiger partial charge on any atom is -0.444 e. The van der Waals surface area contributed by atoms with Gasteiger partial charge in [0.1, 0.15) is 5.60 Å². The van der Waals surface area contributed by atoms with Crippen molar-refractivity contribution in [2.75, 3.05) is 13.1 Å². The van der Waals surface area contributed by atoms with E-state index in [9.17, 15) is 4.79 Å². The van der Waals surface area contributed by atoms with Crippen LogP contribution in [-0.2, 0) is 11.3 Å². The van der Waals surface area contributed by atoms with Gasteiger partial charge >= 0.3 is 6.09 Å². The molecule has 23 heavy (non-hydrogen) atoms. The van der Waals surface area contributed by atoms with E-state index in [2.05, 4.69) is 43.4 Å². The van der Waals surface area contributed by atoms with Crippen LogP contribution >= 0.6 is 0 Å². The number of rotatable bonds is 3. The maximum atomic E-state index is 12.3. The van der Waals surface area contributed by atoms with E-state index >= 15 is 0 Å². The third-order valence-corrected chi connectivity index (χ3v) is 4.28. The standard InChI is InChI=1S/C19H30N2O2/c1-18(2,3)23-17(22)21-12-11-16(19(4,5)14-21)20-13-15-9-7-6-8-10-15/h6-10,16,20H,11-14H2,1-5H3/t16-/m1/s1. The molecule has 0 radical (unpaired) electrons. The lowest BCUT2D eigenvalue weighted by Gasteiger charge is -2.44. The van der Waals surface area contributed by atoms with Gasteiger partial charge in [0.15, 0.2) is 0 Å². The lowest BCUT2D eigenvalue weighted by atomic mass is 9.79. The number of nitrogens with zero attached hydrogens (tertiary/aromatic N) is 1. The van der Waals surface area contributed by atoms with Gasteiger partial charge in [-0.05, 0) is 38.2 Å². The lowest BCUT2D eigenvalue weighted by molar-refractivity contribution is 0.00207. The molecular formula is C19H30N2O2. The van der Waals surface area contributed by atoms with Gasteiger partial charge in [-0.25, -0.2) is 4.79 Å². The normalized spacial score (nSPS) is 21.1. The fourth-order valence-electron chi connectivity index (χ4n) is 3.05. The molecule has 1 heterocycles. The highest BCUT2D eigenvalue weighted by atomic mass is 16.6. The van der Waals surface area contributed by atoms with Crippen LogP contribution in [0.4, 0.5) is 4.79 Å². The first-order chi connectivity index (χ1) is 10.7. The van der Waals surface area contributed by atoms with Crippen molar-refractivity contribution in [2.45, 2.75) is 59.2 Å². The summed E-state index contributed by atoms with van der Waals surface area (Å²) in [5, 5.41) is 3.66. The fourth-order valence-corrected chi connectivity index (χ4v) is 3.05. The molecule has 1 fully saturated rings. The second-order valence-corrected chi connectivity index (χ2v) is 8.10. The summed E-state index contributed by atoms with van der Waals surface area (Å²) in [6.07, 6.45) is 0.742. The number of benzene rings is 1. The van der Waals surface area contributed by atoms with Crippen molar-refractivity contribution in [1.29, 1.82) is 0 Å². The first kappa shape index (κ1) is 17.8. The summed E-state index contributed by atoms with van der Waals surface area (Å²) in [6, 6.07) is 10.8. The Morgan fingerprint density at radius 3 is 2.52 bits per heavy atom. The van der Waals surface area contributed by atoms with Gasteiger partial charge in [0.2, 0.25) is 0 Å². The van der Waals surface area contributed by atoms with Crippen LogP contribution in [0, 0.1) is 5.41 Å². The Hall–Kier alpha value is -1.55. The average Bonchev–Trinajstić information content (AvgIpc) is 2.44. The SMILES string of the molecule is CC(C)(C)OC(=O)N1CC[C@@H](NCc2ccccc2)C(C)(C)C1. The molecular weight excluding hydrogens is 288 g/mol. The number of carbonyl (C=O) groups is 1. The smallest absolute Gasteiger partial charge is 0.410 e. The van der Waals surface area contributed by atoms with Crippen molar-refractivity contribution >= 4 is 6.09 Å². The Labute approximate surface area is 140 Å². The molecule has 0 bridgehead atoms. The summed E-state index contributed by atoms with van der Waals surface area (Å²) in [6.45, 7) is 12.5. The highest BCUT2D eigenvalue weighted by molar-refractivity contribution is 5.68. The molecule has 1 atom stereocenters. The van der Waals surface area contributed by atoms with Gasteiger partial charge in [0, 0.05) is 25.7 Å². The van der Waals surface area contributed by atoms with Crippen LogP contribution in [0.15, 0.2) is 30.3 Å². The van der Waals surface area contributed by atoms with E-state index in [1.165, 1.54) is 5.56 Å². The molecule has 1 aliphatic heterocycles. The van der Waals surface area contributed by atoms with E-state index in [4.69, 9.17) is 4.74 Å². The lowest BCUT2D eigenvalue weighted by Crippen LogP contribution is -2.56. The molecule has 1 aromatic carbocycles. The molecule has 1 aliphatic rings. The zero-order valence-electron chi connectivity index (χ0n) is 15.1. The minimum atomic E-state index is -0.441. The molecule has 1 N–H and O–H groups in total. The zero-order valence-corrected chi connectivity index (χ0v) is 15.1. The Kier molecular flexibility index (Phi) is 5.35. The summed E-state index contributed by atoms with van der Waals surface area (Å²) in [5.74, 6) is 0. The van der Waals surface area contributed by atoms with E-state index in [-0.39, 0.29) is 11.5 Å². The number of piperidine rings is 1. The van der Waals surface area contributed by atoms with E-state index in [0.29, 0.717) is 12.6 Å². The number of hydrogen-bond acceptors (Lipinski definition) is 3. The molecule has 1 aromatic rings. The van der Waals surface area contributed by atoms with Gasteiger partial charge in [-0.1, -0.05) is 44.2 Å². The second kappa shape index (κ2) is 6.91. The number of ether oxygens (including phenoxy) is 1. The van der Waals surface area contributed by atoms with Crippen LogP contribution in [0.25, 0.3) is 0 Å². The van der Waals surface area contributed by atoms with Gasteiger partial charge in [-0.15, -0.1) is 0 Å². The summed E-state index contributed by atoms with van der Waals surface area (Å²) < 4.78 is 5.50. The Balaban J connectivity index is 1.91. The number of likely N-dealkylation sites (tertiary alicyclic amines) is 1. The summed E-state index contributed by atoms with van der Waals surface area (Å²) in [4.78, 5) is 14.1. The molecule has 128 valence electrons. The Bertz CT molecular complexity index is 520. The molecule has 4 nitrogen and oxygen atoms in total. The predicted octanol–water partition coefficient (Wildman–Crippen LogP) is 3.81. The topological polar surface area (TPSA) is 41.6 Å². The third kappa shape index (κ3) is 5.24. The van der Waals surface area contributed by atoms with Crippen molar-refractivity contribution < 1.29 is 9.53 Å². The van der Waals surface area contributed by atoms with Crippen molar-refractivity contribution in [1.82, 2.24) is 10.2 Å². The quantitative estimate of drug-likeness (QED) is 0.921. The largest absolute Gasteiger partial charge is 0.444 e. The van der Waals surface area contributed by atoms with Crippen LogP contribution in [-0.4, -0.2) is 35.7 Å². The van der Waals surface area contributed by atoms with Gasteiger partial charge < -0.3 is 15.0 Å². The summed E-state index contributed by atoms with van der Waals surface area (Å²) in [5.41, 5.74) is 0.867. The van der Waals surface area contributed by atoms with Crippen LogP contribution in [0.5, 0.6) is 0 Å². The van der Waals surface area contributed by atoms with E-state index in [1.807, 2.05) is 31.7 Å². The number of hydrogen-bond donors (Lipinski definition) is 1. The third-order valence-electron chi connectivity index (χ3n) is 4.28. The summed E-state index contributed by atoms with van der Waals surface area (Å²) in [7, 11) is 0. The Morgan fingerprint density at radius 1 is 1.30 bits per heavy atom. The van der Waals surface area contributed by atoms with Gasteiger partial charge in [0.25, 0.3) is 0 Å². The van der Waals surface area contributed by atoms with Crippen molar-refractivity contribution in [3.63, 3.8) is 0 Å². The number of amides is 1. The van der Waals surface area contributed by atoms with E-state index < -0.39 is 5.60 Å². The highest BCUT2D eigenvalue weighted by Gasteiger charge is 2.38. The van der Waals surface area contributed by atoms with Crippen LogP contribution in [0.3, 0.4) is 0 Å². The maximum absolute atomic E-state index is 12.3. The van der Waals surface area contributed by atoms with E-state index in [0.717, 1.165) is 19.5 Å². The predicted molar refractivity (Wildman–Crippen MR) is 93.3 cm³/mol. The molecule has 0 saturated carbocycles. The van der Waals surface area contributed by atoms with Gasteiger partial charge in [0.05, 0.1) is 0 Å². The molecule has 0 aromatic heterocycles. The van der Waals surface area contributed by atoms with Crippen molar-refractivity contribution in [2.24, 2.45) is 5.41 Å². The number of carbonyl (C=O) groups excluding carboxylic acids is 1. The van der Waals surface area contributed by atoms with Crippen molar-refractivity contribution in [3.8, 4) is 0 Å².